The standard InChI is InChI=1S/C15H20N2O3/c1-15(2,3)13-14(19)17(9-12(18)16-13)10-6-5-7-11(8-10)20-4/h5-8,13H,9H2,1-4H3,(H,16,18). The average Bonchev–Trinajstić information content (AvgIpc) is 2.40. The van der Waals surface area contributed by atoms with Crippen molar-refractivity contribution in [2.45, 2.75) is 26.8 Å². The van der Waals surface area contributed by atoms with E-state index in [1.807, 2.05) is 20.8 Å². The van der Waals surface area contributed by atoms with Crippen molar-refractivity contribution in [3.05, 3.63) is 24.3 Å². The van der Waals surface area contributed by atoms with Crippen molar-refractivity contribution < 1.29 is 14.3 Å². The van der Waals surface area contributed by atoms with E-state index in [0.29, 0.717) is 11.4 Å². The van der Waals surface area contributed by atoms with Gasteiger partial charge in [0.2, 0.25) is 5.91 Å². The van der Waals surface area contributed by atoms with Gasteiger partial charge in [-0.3, -0.25) is 9.59 Å². The molecule has 108 valence electrons. The van der Waals surface area contributed by atoms with Crippen molar-refractivity contribution >= 4 is 17.5 Å². The number of carbonyl (C=O) groups excluding carboxylic acids is 2. The number of ether oxygens (including phenoxy) is 1. The fourth-order valence-electron chi connectivity index (χ4n) is 2.23. The lowest BCUT2D eigenvalue weighted by Crippen LogP contribution is -2.62. The predicted molar refractivity (Wildman–Crippen MR) is 76.7 cm³/mol. The Bertz CT molecular complexity index is 534. The lowest BCUT2D eigenvalue weighted by molar-refractivity contribution is -0.133. The summed E-state index contributed by atoms with van der Waals surface area (Å²) < 4.78 is 5.16. The molecule has 5 heteroatoms. The van der Waals surface area contributed by atoms with Gasteiger partial charge in [-0.05, 0) is 17.5 Å². The Morgan fingerprint density at radius 3 is 2.60 bits per heavy atom. The Balaban J connectivity index is 2.34. The summed E-state index contributed by atoms with van der Waals surface area (Å²) in [6.45, 7) is 5.85. The topological polar surface area (TPSA) is 58.6 Å². The van der Waals surface area contributed by atoms with Crippen molar-refractivity contribution in [2.24, 2.45) is 5.41 Å². The maximum absolute atomic E-state index is 12.6. The lowest BCUT2D eigenvalue weighted by atomic mass is 9.84. The number of benzene rings is 1. The molecule has 1 aliphatic rings. The highest BCUT2D eigenvalue weighted by molar-refractivity contribution is 6.07. The van der Waals surface area contributed by atoms with Gasteiger partial charge >= 0.3 is 0 Å². The molecule has 1 heterocycles. The Morgan fingerprint density at radius 2 is 2.00 bits per heavy atom. The molecule has 1 N–H and O–H groups in total. The normalized spacial score (nSPS) is 19.8. The van der Waals surface area contributed by atoms with E-state index in [4.69, 9.17) is 4.74 Å². The summed E-state index contributed by atoms with van der Waals surface area (Å²) in [5.74, 6) is 0.422. The molecule has 5 nitrogen and oxygen atoms in total. The van der Waals surface area contributed by atoms with Gasteiger partial charge in [-0.2, -0.15) is 0 Å². The number of anilines is 1. The Kier molecular flexibility index (Phi) is 3.70. The van der Waals surface area contributed by atoms with Crippen LogP contribution < -0.4 is 15.0 Å². The highest BCUT2D eigenvalue weighted by Gasteiger charge is 2.40. The van der Waals surface area contributed by atoms with Gasteiger partial charge in [-0.1, -0.05) is 26.8 Å². The van der Waals surface area contributed by atoms with Crippen LogP contribution in [0.4, 0.5) is 5.69 Å². The van der Waals surface area contributed by atoms with Gasteiger partial charge in [0.05, 0.1) is 7.11 Å². The largest absolute Gasteiger partial charge is 0.497 e. The molecule has 1 unspecified atom stereocenters. The number of carbonyl (C=O) groups is 2. The fourth-order valence-corrected chi connectivity index (χ4v) is 2.23. The SMILES string of the molecule is COc1cccc(N2CC(=O)NC(C(C)(C)C)C2=O)c1. The maximum Gasteiger partial charge on any atom is 0.250 e. The van der Waals surface area contributed by atoms with Crippen LogP contribution in [0, 0.1) is 5.41 Å². The zero-order valence-electron chi connectivity index (χ0n) is 12.3. The first kappa shape index (κ1) is 14.4. The Morgan fingerprint density at radius 1 is 1.30 bits per heavy atom. The van der Waals surface area contributed by atoms with Gasteiger partial charge in [-0.25, -0.2) is 0 Å². The van der Waals surface area contributed by atoms with Crippen LogP contribution in [0.5, 0.6) is 5.75 Å². The minimum Gasteiger partial charge on any atom is -0.497 e. The second-order valence-electron chi connectivity index (χ2n) is 5.99. The van der Waals surface area contributed by atoms with Crippen LogP contribution in [0.25, 0.3) is 0 Å². The number of rotatable bonds is 2. The van der Waals surface area contributed by atoms with E-state index in [-0.39, 0.29) is 23.8 Å². The minimum atomic E-state index is -0.519. The van der Waals surface area contributed by atoms with Gasteiger partial charge in [0.15, 0.2) is 0 Å². The predicted octanol–water partition coefficient (Wildman–Crippen LogP) is 1.57. The molecule has 0 aliphatic carbocycles. The molecule has 1 fully saturated rings. The molecule has 0 spiro atoms. The van der Waals surface area contributed by atoms with Crippen LogP contribution in [0.1, 0.15) is 20.8 Å². The van der Waals surface area contributed by atoms with E-state index in [0.717, 1.165) is 0 Å². The molecule has 0 radical (unpaired) electrons. The number of hydrogen-bond donors (Lipinski definition) is 1. The van der Waals surface area contributed by atoms with E-state index in [9.17, 15) is 9.59 Å². The third-order valence-electron chi connectivity index (χ3n) is 3.35. The molecule has 1 atom stereocenters. The smallest absolute Gasteiger partial charge is 0.250 e. The first-order chi connectivity index (χ1) is 9.32. The number of hydrogen-bond acceptors (Lipinski definition) is 3. The Hall–Kier alpha value is -2.04. The van der Waals surface area contributed by atoms with Crippen molar-refractivity contribution in [1.29, 1.82) is 0 Å². The summed E-state index contributed by atoms with van der Waals surface area (Å²) in [4.78, 5) is 26.0. The molecule has 0 aromatic heterocycles. The third-order valence-corrected chi connectivity index (χ3v) is 3.35. The lowest BCUT2D eigenvalue weighted by Gasteiger charge is -2.38. The number of nitrogens with zero attached hydrogens (tertiary/aromatic N) is 1. The van der Waals surface area contributed by atoms with Gasteiger partial charge < -0.3 is 15.0 Å². The second-order valence-corrected chi connectivity index (χ2v) is 5.99. The number of amides is 2. The first-order valence-corrected chi connectivity index (χ1v) is 6.58. The van der Waals surface area contributed by atoms with E-state index < -0.39 is 6.04 Å². The van der Waals surface area contributed by atoms with Crippen LogP contribution >= 0.6 is 0 Å². The molecular weight excluding hydrogens is 256 g/mol. The summed E-state index contributed by atoms with van der Waals surface area (Å²) in [5.41, 5.74) is 0.350. The summed E-state index contributed by atoms with van der Waals surface area (Å²) in [6, 6.07) is 6.66. The molecule has 1 aromatic rings. The van der Waals surface area contributed by atoms with Gasteiger partial charge in [-0.15, -0.1) is 0 Å². The quantitative estimate of drug-likeness (QED) is 0.892. The van der Waals surface area contributed by atoms with Crippen LogP contribution in [0.3, 0.4) is 0 Å². The monoisotopic (exact) mass is 276 g/mol. The average molecular weight is 276 g/mol. The molecule has 2 amide bonds. The van der Waals surface area contributed by atoms with E-state index in [1.54, 1.807) is 31.4 Å². The van der Waals surface area contributed by atoms with Crippen LogP contribution in [0.2, 0.25) is 0 Å². The summed E-state index contributed by atoms with van der Waals surface area (Å²) >= 11 is 0. The summed E-state index contributed by atoms with van der Waals surface area (Å²) in [6.07, 6.45) is 0. The van der Waals surface area contributed by atoms with Gasteiger partial charge in [0.1, 0.15) is 18.3 Å². The second kappa shape index (κ2) is 5.15. The molecule has 2 rings (SSSR count). The zero-order chi connectivity index (χ0) is 14.9. The van der Waals surface area contributed by atoms with Crippen molar-refractivity contribution in [3.8, 4) is 5.75 Å². The Labute approximate surface area is 118 Å². The van der Waals surface area contributed by atoms with Crippen LogP contribution in [-0.2, 0) is 9.59 Å². The zero-order valence-corrected chi connectivity index (χ0v) is 12.3. The molecule has 0 saturated carbocycles. The molecule has 1 aromatic carbocycles. The molecule has 1 aliphatic heterocycles. The molecule has 20 heavy (non-hydrogen) atoms. The van der Waals surface area contributed by atoms with E-state index in [2.05, 4.69) is 5.32 Å². The summed E-state index contributed by atoms with van der Waals surface area (Å²) in [7, 11) is 1.57. The molecular formula is C15H20N2O3. The number of methoxy groups -OCH3 is 1. The maximum atomic E-state index is 12.6. The number of piperazine rings is 1. The van der Waals surface area contributed by atoms with Crippen LogP contribution in [0.15, 0.2) is 24.3 Å². The summed E-state index contributed by atoms with van der Waals surface area (Å²) in [5, 5.41) is 2.77. The highest BCUT2D eigenvalue weighted by atomic mass is 16.5. The van der Waals surface area contributed by atoms with E-state index >= 15 is 0 Å². The minimum absolute atomic E-state index is 0.0403. The van der Waals surface area contributed by atoms with Crippen molar-refractivity contribution in [1.82, 2.24) is 5.32 Å². The number of nitrogens with one attached hydrogen (secondary N) is 1. The molecule has 0 bridgehead atoms. The van der Waals surface area contributed by atoms with Crippen molar-refractivity contribution in [2.75, 3.05) is 18.6 Å². The first-order valence-electron chi connectivity index (χ1n) is 6.58. The van der Waals surface area contributed by atoms with Crippen molar-refractivity contribution in [3.63, 3.8) is 0 Å². The van der Waals surface area contributed by atoms with E-state index in [1.165, 1.54) is 4.90 Å². The fraction of sp³-hybridized carbons (Fsp3) is 0.467. The van der Waals surface area contributed by atoms with Gasteiger partial charge in [0, 0.05) is 11.8 Å². The highest BCUT2D eigenvalue weighted by Crippen LogP contribution is 2.28. The molecule has 1 saturated heterocycles. The van der Waals surface area contributed by atoms with Crippen LogP contribution in [-0.4, -0.2) is 31.5 Å². The van der Waals surface area contributed by atoms with Gasteiger partial charge in [0.25, 0.3) is 5.91 Å². The third kappa shape index (κ3) is 2.76.